The van der Waals surface area contributed by atoms with Crippen LogP contribution >= 0.6 is 0 Å². The van der Waals surface area contributed by atoms with Crippen LogP contribution in [0.3, 0.4) is 0 Å². The monoisotopic (exact) mass is 383 g/mol. The van der Waals surface area contributed by atoms with Crippen LogP contribution in [0.2, 0.25) is 0 Å². The summed E-state index contributed by atoms with van der Waals surface area (Å²) in [6, 6.07) is 9.05. The van der Waals surface area contributed by atoms with Gasteiger partial charge in [0.25, 0.3) is 0 Å². The van der Waals surface area contributed by atoms with Crippen molar-refractivity contribution >= 4 is 16.1 Å². The lowest BCUT2D eigenvalue weighted by Crippen LogP contribution is -2.48. The Morgan fingerprint density at radius 1 is 1.31 bits per heavy atom. The van der Waals surface area contributed by atoms with Crippen LogP contribution in [0.25, 0.3) is 0 Å². The SMILES string of the molecule is COCCN1[C@@H]2CN(C(=O)NCc3ccccc3)C[C@@H]2OCCS1(=O)=O. The molecule has 0 bridgehead atoms. The van der Waals surface area contributed by atoms with Crippen molar-refractivity contribution in [2.45, 2.75) is 18.7 Å². The number of sulfonamides is 1. The Kier molecular flexibility index (Phi) is 6.13. The number of nitrogens with one attached hydrogen (secondary N) is 1. The lowest BCUT2D eigenvalue weighted by Gasteiger charge is -2.27. The van der Waals surface area contributed by atoms with Gasteiger partial charge in [0.1, 0.15) is 0 Å². The molecule has 0 unspecified atom stereocenters. The van der Waals surface area contributed by atoms with Gasteiger partial charge >= 0.3 is 6.03 Å². The van der Waals surface area contributed by atoms with Crippen LogP contribution in [0.4, 0.5) is 4.79 Å². The first-order valence-corrected chi connectivity index (χ1v) is 10.3. The number of fused-ring (bicyclic) bond motifs is 1. The van der Waals surface area contributed by atoms with Gasteiger partial charge in [0.2, 0.25) is 10.0 Å². The Balaban J connectivity index is 1.65. The van der Waals surface area contributed by atoms with Gasteiger partial charge in [-0.05, 0) is 5.56 Å². The van der Waals surface area contributed by atoms with Gasteiger partial charge in [0.15, 0.2) is 0 Å². The van der Waals surface area contributed by atoms with Crippen molar-refractivity contribution in [2.75, 3.05) is 45.7 Å². The van der Waals surface area contributed by atoms with Gasteiger partial charge < -0.3 is 19.7 Å². The van der Waals surface area contributed by atoms with E-state index in [-0.39, 0.29) is 37.1 Å². The number of likely N-dealkylation sites (tertiary alicyclic amines) is 1. The molecule has 1 N–H and O–H groups in total. The van der Waals surface area contributed by atoms with E-state index >= 15 is 0 Å². The standard InChI is InChI=1S/C17H25N3O5S/c1-24-8-7-20-15-12-19(13-16(15)25-9-10-26(20,22)23)17(21)18-11-14-5-3-2-4-6-14/h2-6,15-16H,7-13H2,1H3,(H,18,21)/t15-,16+/m1/s1. The van der Waals surface area contributed by atoms with Gasteiger partial charge in [-0.25, -0.2) is 13.2 Å². The fraction of sp³-hybridized carbons (Fsp3) is 0.588. The summed E-state index contributed by atoms with van der Waals surface area (Å²) in [5.74, 6) is -0.0378. The molecular formula is C17H25N3O5S. The minimum absolute atomic E-state index is 0.0378. The summed E-state index contributed by atoms with van der Waals surface area (Å²) in [5, 5.41) is 2.88. The van der Waals surface area contributed by atoms with Crippen LogP contribution in [0.5, 0.6) is 0 Å². The Morgan fingerprint density at radius 3 is 2.81 bits per heavy atom. The second-order valence-corrected chi connectivity index (χ2v) is 8.49. The Bertz CT molecular complexity index is 712. The van der Waals surface area contributed by atoms with Gasteiger partial charge in [0.05, 0.1) is 37.7 Å². The molecule has 2 saturated heterocycles. The zero-order chi connectivity index (χ0) is 18.6. The number of ether oxygens (including phenoxy) is 2. The molecule has 2 fully saturated rings. The Morgan fingerprint density at radius 2 is 2.08 bits per heavy atom. The third-order valence-electron chi connectivity index (χ3n) is 4.73. The summed E-state index contributed by atoms with van der Waals surface area (Å²) in [6.07, 6.45) is -0.313. The quantitative estimate of drug-likeness (QED) is 0.788. The summed E-state index contributed by atoms with van der Waals surface area (Å²) >= 11 is 0. The predicted molar refractivity (Wildman–Crippen MR) is 96.1 cm³/mol. The number of benzene rings is 1. The number of rotatable bonds is 5. The number of methoxy groups -OCH3 is 1. The molecule has 3 rings (SSSR count). The van der Waals surface area contributed by atoms with Gasteiger partial charge in [-0.15, -0.1) is 0 Å². The molecule has 26 heavy (non-hydrogen) atoms. The maximum atomic E-state index is 12.5. The molecule has 144 valence electrons. The normalized spacial score (nSPS) is 25.5. The van der Waals surface area contributed by atoms with Crippen molar-refractivity contribution in [1.29, 1.82) is 0 Å². The van der Waals surface area contributed by atoms with E-state index < -0.39 is 10.0 Å². The largest absolute Gasteiger partial charge is 0.383 e. The molecule has 0 aromatic heterocycles. The van der Waals surface area contributed by atoms with E-state index in [4.69, 9.17) is 9.47 Å². The lowest BCUT2D eigenvalue weighted by molar-refractivity contribution is 0.0441. The molecule has 0 aliphatic carbocycles. The number of carbonyl (C=O) groups is 1. The maximum Gasteiger partial charge on any atom is 0.317 e. The fourth-order valence-corrected chi connectivity index (χ4v) is 4.87. The fourth-order valence-electron chi connectivity index (χ4n) is 3.36. The highest BCUT2D eigenvalue weighted by Crippen LogP contribution is 2.25. The van der Waals surface area contributed by atoms with Crippen LogP contribution in [0.1, 0.15) is 5.56 Å². The molecule has 1 aromatic carbocycles. The maximum absolute atomic E-state index is 12.5. The first-order valence-electron chi connectivity index (χ1n) is 8.68. The third kappa shape index (κ3) is 4.35. The van der Waals surface area contributed by atoms with Gasteiger partial charge in [-0.1, -0.05) is 30.3 Å². The van der Waals surface area contributed by atoms with E-state index in [0.29, 0.717) is 26.2 Å². The van der Waals surface area contributed by atoms with Gasteiger partial charge in [0, 0.05) is 26.7 Å². The Labute approximate surface area is 154 Å². The highest BCUT2D eigenvalue weighted by atomic mass is 32.2. The average molecular weight is 383 g/mol. The molecule has 2 aliphatic rings. The summed E-state index contributed by atoms with van der Waals surface area (Å²) in [6.45, 7) is 1.84. The van der Waals surface area contributed by atoms with Crippen LogP contribution in [0, 0.1) is 0 Å². The van der Waals surface area contributed by atoms with Gasteiger partial charge in [-0.3, -0.25) is 0 Å². The highest BCUT2D eigenvalue weighted by Gasteiger charge is 2.45. The molecular weight excluding hydrogens is 358 g/mol. The molecule has 1 aromatic rings. The van der Waals surface area contributed by atoms with E-state index in [1.54, 1.807) is 4.90 Å². The number of amides is 2. The molecule has 0 radical (unpaired) electrons. The topological polar surface area (TPSA) is 88.2 Å². The molecule has 2 aliphatic heterocycles. The second kappa shape index (κ2) is 8.34. The van der Waals surface area contributed by atoms with Crippen molar-refractivity contribution < 1.29 is 22.7 Å². The number of hydrogen-bond donors (Lipinski definition) is 1. The molecule has 0 spiro atoms. The van der Waals surface area contributed by atoms with Crippen molar-refractivity contribution in [3.63, 3.8) is 0 Å². The predicted octanol–water partition coefficient (Wildman–Crippen LogP) is 0.257. The zero-order valence-corrected chi connectivity index (χ0v) is 15.7. The molecule has 9 heteroatoms. The van der Waals surface area contributed by atoms with Crippen LogP contribution in [-0.4, -0.2) is 81.5 Å². The Hall–Kier alpha value is -1.68. The number of carbonyl (C=O) groups excluding carboxylic acids is 1. The number of urea groups is 1. The van der Waals surface area contributed by atoms with Crippen molar-refractivity contribution in [3.8, 4) is 0 Å². The van der Waals surface area contributed by atoms with E-state index in [1.807, 2.05) is 30.3 Å². The minimum atomic E-state index is -3.42. The molecule has 0 saturated carbocycles. The summed E-state index contributed by atoms with van der Waals surface area (Å²) < 4.78 is 37.2. The second-order valence-electron chi connectivity index (χ2n) is 6.45. The van der Waals surface area contributed by atoms with E-state index in [1.165, 1.54) is 11.4 Å². The summed E-state index contributed by atoms with van der Waals surface area (Å²) in [5.41, 5.74) is 1.01. The third-order valence-corrected chi connectivity index (χ3v) is 6.58. The highest BCUT2D eigenvalue weighted by molar-refractivity contribution is 7.89. The van der Waals surface area contributed by atoms with Crippen molar-refractivity contribution in [2.24, 2.45) is 0 Å². The average Bonchev–Trinajstić information content (AvgIpc) is 2.99. The molecule has 2 atom stereocenters. The summed E-state index contributed by atoms with van der Waals surface area (Å²) in [4.78, 5) is 14.1. The van der Waals surface area contributed by atoms with Crippen LogP contribution in [-0.2, 0) is 26.0 Å². The van der Waals surface area contributed by atoms with Gasteiger partial charge in [-0.2, -0.15) is 4.31 Å². The minimum Gasteiger partial charge on any atom is -0.383 e. The smallest absolute Gasteiger partial charge is 0.317 e. The van der Waals surface area contributed by atoms with E-state index in [9.17, 15) is 13.2 Å². The molecule has 8 nitrogen and oxygen atoms in total. The summed E-state index contributed by atoms with van der Waals surface area (Å²) in [7, 11) is -1.88. The van der Waals surface area contributed by atoms with Crippen LogP contribution < -0.4 is 5.32 Å². The van der Waals surface area contributed by atoms with Crippen molar-refractivity contribution in [3.05, 3.63) is 35.9 Å². The van der Waals surface area contributed by atoms with Crippen molar-refractivity contribution in [1.82, 2.24) is 14.5 Å². The molecule has 2 heterocycles. The van der Waals surface area contributed by atoms with E-state index in [2.05, 4.69) is 5.32 Å². The van der Waals surface area contributed by atoms with E-state index in [0.717, 1.165) is 5.56 Å². The number of nitrogens with zero attached hydrogens (tertiary/aromatic N) is 2. The first-order chi connectivity index (χ1) is 12.5. The van der Waals surface area contributed by atoms with Crippen LogP contribution in [0.15, 0.2) is 30.3 Å². The number of hydrogen-bond acceptors (Lipinski definition) is 5. The first kappa shape index (κ1) is 19.1. The molecule has 2 amide bonds. The zero-order valence-electron chi connectivity index (χ0n) is 14.8. The lowest BCUT2D eigenvalue weighted by atomic mass is 10.2.